The van der Waals surface area contributed by atoms with Crippen molar-refractivity contribution in [2.24, 2.45) is 0 Å². The van der Waals surface area contributed by atoms with Gasteiger partial charge in [0.1, 0.15) is 0 Å². The van der Waals surface area contributed by atoms with Gasteiger partial charge in [0.25, 0.3) is 0 Å². The molecule has 2 aliphatic rings. The average molecular weight is 166 g/mol. The highest BCUT2D eigenvalue weighted by atomic mass is 16.5. The summed E-state index contributed by atoms with van der Waals surface area (Å²) in [6.45, 7) is 1.49. The first-order chi connectivity index (χ1) is 5.97. The maximum absolute atomic E-state index is 5.57. The summed E-state index contributed by atoms with van der Waals surface area (Å²) in [6.07, 6.45) is 11.0. The number of rotatable bonds is 1. The van der Waals surface area contributed by atoms with Gasteiger partial charge in [0.2, 0.25) is 0 Å². The lowest BCUT2D eigenvalue weighted by Crippen LogP contribution is -2.34. The molecule has 0 bridgehead atoms. The molecule has 2 atom stereocenters. The minimum Gasteiger partial charge on any atom is -0.371 e. The Morgan fingerprint density at radius 2 is 1.25 bits per heavy atom. The summed E-state index contributed by atoms with van der Waals surface area (Å²) in [5, 5.41) is 0. The second kappa shape index (κ2) is 3.87. The zero-order valence-corrected chi connectivity index (χ0v) is 7.11. The standard InChI is InChI=1S/C10H14O2/c1-3-7-11-9(5-1)10-6-2-4-8-12-10/h1-4,9-10H,5-8H2/t9-,10-/m1/s1. The summed E-state index contributed by atoms with van der Waals surface area (Å²) in [4.78, 5) is 0. The van der Waals surface area contributed by atoms with Gasteiger partial charge >= 0.3 is 0 Å². The lowest BCUT2D eigenvalue weighted by molar-refractivity contribution is -0.0629. The Morgan fingerprint density at radius 1 is 0.750 bits per heavy atom. The summed E-state index contributed by atoms with van der Waals surface area (Å²) in [5.74, 6) is 0. The Labute approximate surface area is 72.9 Å². The van der Waals surface area contributed by atoms with Crippen LogP contribution in [-0.4, -0.2) is 25.4 Å². The van der Waals surface area contributed by atoms with E-state index in [1.165, 1.54) is 0 Å². The fourth-order valence-corrected chi connectivity index (χ4v) is 1.61. The highest BCUT2D eigenvalue weighted by Crippen LogP contribution is 2.18. The van der Waals surface area contributed by atoms with E-state index in [0.717, 1.165) is 26.1 Å². The van der Waals surface area contributed by atoms with E-state index in [0.29, 0.717) is 0 Å². The van der Waals surface area contributed by atoms with Crippen molar-refractivity contribution in [1.29, 1.82) is 0 Å². The fourth-order valence-electron chi connectivity index (χ4n) is 1.61. The highest BCUT2D eigenvalue weighted by molar-refractivity contribution is 4.97. The Balaban J connectivity index is 1.90. The molecule has 66 valence electrons. The number of hydrogen-bond acceptors (Lipinski definition) is 2. The molecule has 0 aliphatic carbocycles. The Kier molecular flexibility index (Phi) is 2.59. The van der Waals surface area contributed by atoms with Gasteiger partial charge in [0.15, 0.2) is 0 Å². The van der Waals surface area contributed by atoms with E-state index >= 15 is 0 Å². The van der Waals surface area contributed by atoms with Gasteiger partial charge in [-0.15, -0.1) is 0 Å². The maximum Gasteiger partial charge on any atom is 0.0878 e. The van der Waals surface area contributed by atoms with Gasteiger partial charge in [0.05, 0.1) is 25.4 Å². The summed E-state index contributed by atoms with van der Waals surface area (Å²) in [6, 6.07) is 0. The second-order valence-corrected chi connectivity index (χ2v) is 3.16. The van der Waals surface area contributed by atoms with Gasteiger partial charge in [-0.05, 0) is 12.8 Å². The third kappa shape index (κ3) is 1.76. The monoisotopic (exact) mass is 166 g/mol. The zero-order valence-electron chi connectivity index (χ0n) is 7.11. The first kappa shape index (κ1) is 8.02. The summed E-state index contributed by atoms with van der Waals surface area (Å²) in [7, 11) is 0. The zero-order chi connectivity index (χ0) is 8.23. The minimum absolute atomic E-state index is 0.278. The van der Waals surface area contributed by atoms with E-state index in [4.69, 9.17) is 9.47 Å². The Hall–Kier alpha value is -0.600. The molecule has 0 radical (unpaired) electrons. The minimum atomic E-state index is 0.278. The molecule has 2 heterocycles. The van der Waals surface area contributed by atoms with Gasteiger partial charge < -0.3 is 9.47 Å². The summed E-state index contributed by atoms with van der Waals surface area (Å²) >= 11 is 0. The van der Waals surface area contributed by atoms with Crippen LogP contribution < -0.4 is 0 Å². The van der Waals surface area contributed by atoms with Crippen molar-refractivity contribution in [1.82, 2.24) is 0 Å². The van der Waals surface area contributed by atoms with Gasteiger partial charge in [-0.25, -0.2) is 0 Å². The van der Waals surface area contributed by atoms with Crippen LogP contribution in [0.1, 0.15) is 12.8 Å². The smallest absolute Gasteiger partial charge is 0.0878 e. The largest absolute Gasteiger partial charge is 0.371 e. The van der Waals surface area contributed by atoms with E-state index in [1.54, 1.807) is 0 Å². The van der Waals surface area contributed by atoms with E-state index in [2.05, 4.69) is 24.3 Å². The molecule has 12 heavy (non-hydrogen) atoms. The van der Waals surface area contributed by atoms with Crippen LogP contribution in [0, 0.1) is 0 Å². The van der Waals surface area contributed by atoms with Gasteiger partial charge in [-0.2, -0.15) is 0 Å². The maximum atomic E-state index is 5.57. The van der Waals surface area contributed by atoms with Crippen LogP contribution in [0.3, 0.4) is 0 Å². The van der Waals surface area contributed by atoms with Gasteiger partial charge in [-0.1, -0.05) is 24.3 Å². The van der Waals surface area contributed by atoms with Crippen LogP contribution in [0.4, 0.5) is 0 Å². The topological polar surface area (TPSA) is 18.5 Å². The van der Waals surface area contributed by atoms with Crippen molar-refractivity contribution in [2.45, 2.75) is 25.0 Å². The van der Waals surface area contributed by atoms with Crippen molar-refractivity contribution >= 4 is 0 Å². The molecule has 0 saturated carbocycles. The van der Waals surface area contributed by atoms with Crippen LogP contribution in [0.15, 0.2) is 24.3 Å². The molecular formula is C10H14O2. The Morgan fingerprint density at radius 3 is 1.58 bits per heavy atom. The van der Waals surface area contributed by atoms with Crippen molar-refractivity contribution in [2.75, 3.05) is 13.2 Å². The van der Waals surface area contributed by atoms with Crippen molar-refractivity contribution in [3.05, 3.63) is 24.3 Å². The predicted molar refractivity (Wildman–Crippen MR) is 47.0 cm³/mol. The van der Waals surface area contributed by atoms with Crippen LogP contribution >= 0.6 is 0 Å². The fraction of sp³-hybridized carbons (Fsp3) is 0.600. The molecule has 0 N–H and O–H groups in total. The van der Waals surface area contributed by atoms with Gasteiger partial charge in [0, 0.05) is 0 Å². The van der Waals surface area contributed by atoms with Crippen LogP contribution in [0.2, 0.25) is 0 Å². The second-order valence-electron chi connectivity index (χ2n) is 3.16. The molecule has 0 aromatic carbocycles. The SMILES string of the molecule is C1=CC[C@H]([C@H]2CC=CCO2)OC1. The van der Waals surface area contributed by atoms with Crippen molar-refractivity contribution in [3.8, 4) is 0 Å². The van der Waals surface area contributed by atoms with Gasteiger partial charge in [-0.3, -0.25) is 0 Å². The normalized spacial score (nSPS) is 35.3. The average Bonchev–Trinajstić information content (AvgIpc) is 2.21. The Bertz CT molecular complexity index is 174. The number of hydrogen-bond donors (Lipinski definition) is 0. The number of ether oxygens (including phenoxy) is 2. The molecule has 0 saturated heterocycles. The lowest BCUT2D eigenvalue weighted by Gasteiger charge is -2.28. The first-order valence-electron chi connectivity index (χ1n) is 4.50. The summed E-state index contributed by atoms with van der Waals surface area (Å²) < 4.78 is 11.1. The van der Waals surface area contributed by atoms with E-state index in [9.17, 15) is 0 Å². The molecule has 0 fully saturated rings. The molecule has 0 amide bonds. The molecule has 2 rings (SSSR count). The van der Waals surface area contributed by atoms with Crippen LogP contribution in [0.5, 0.6) is 0 Å². The molecule has 0 aromatic heterocycles. The van der Waals surface area contributed by atoms with Crippen LogP contribution in [0.25, 0.3) is 0 Å². The van der Waals surface area contributed by atoms with Crippen molar-refractivity contribution < 1.29 is 9.47 Å². The predicted octanol–water partition coefficient (Wildman–Crippen LogP) is 1.68. The molecule has 0 aromatic rings. The molecule has 2 aliphatic heterocycles. The quantitative estimate of drug-likeness (QED) is 0.552. The molecule has 0 spiro atoms. The molecule has 2 heteroatoms. The van der Waals surface area contributed by atoms with E-state index < -0.39 is 0 Å². The summed E-state index contributed by atoms with van der Waals surface area (Å²) in [5.41, 5.74) is 0. The van der Waals surface area contributed by atoms with Crippen LogP contribution in [-0.2, 0) is 9.47 Å². The molecule has 2 nitrogen and oxygen atoms in total. The van der Waals surface area contributed by atoms with Crippen molar-refractivity contribution in [3.63, 3.8) is 0 Å². The molecule has 0 unspecified atom stereocenters. The third-order valence-corrected chi connectivity index (χ3v) is 2.30. The van der Waals surface area contributed by atoms with E-state index in [-0.39, 0.29) is 12.2 Å². The highest BCUT2D eigenvalue weighted by Gasteiger charge is 2.23. The van der Waals surface area contributed by atoms with E-state index in [1.807, 2.05) is 0 Å². The lowest BCUT2D eigenvalue weighted by atomic mass is 10.0. The molecular weight excluding hydrogens is 152 g/mol. The third-order valence-electron chi connectivity index (χ3n) is 2.30. The first-order valence-corrected chi connectivity index (χ1v) is 4.50.